The molecular formula is C16H19Cl2NO7. The van der Waals surface area contributed by atoms with E-state index in [1.807, 2.05) is 0 Å². The van der Waals surface area contributed by atoms with Gasteiger partial charge in [-0.2, -0.15) is 0 Å². The molecule has 0 heterocycles. The Balaban J connectivity index is 2.58. The summed E-state index contributed by atoms with van der Waals surface area (Å²) in [7, 11) is 0. The second-order valence-corrected chi connectivity index (χ2v) is 6.31. The summed E-state index contributed by atoms with van der Waals surface area (Å²) >= 11 is 11.7. The first-order chi connectivity index (χ1) is 12.1. The first kappa shape index (κ1) is 21.9. The summed E-state index contributed by atoms with van der Waals surface area (Å²) in [5.74, 6) is -2.19. The zero-order chi connectivity index (χ0) is 19.9. The molecule has 0 radical (unpaired) electrons. The lowest BCUT2D eigenvalue weighted by Crippen LogP contribution is -2.41. The number of aliphatic carboxylic acids is 1. The van der Waals surface area contributed by atoms with Crippen molar-refractivity contribution in [2.24, 2.45) is 5.92 Å². The minimum absolute atomic E-state index is 0.0564. The molecule has 0 saturated heterocycles. The van der Waals surface area contributed by atoms with Crippen LogP contribution in [0, 0.1) is 5.92 Å². The van der Waals surface area contributed by atoms with E-state index < -0.39 is 37.0 Å². The van der Waals surface area contributed by atoms with E-state index in [4.69, 9.17) is 37.4 Å². The molecule has 1 aromatic carbocycles. The summed E-state index contributed by atoms with van der Waals surface area (Å²) in [5.41, 5.74) is 0. The average Bonchev–Trinajstić information content (AvgIpc) is 2.53. The average molecular weight is 408 g/mol. The van der Waals surface area contributed by atoms with Gasteiger partial charge in [0, 0.05) is 18.0 Å². The van der Waals surface area contributed by atoms with Crippen LogP contribution >= 0.6 is 23.2 Å². The van der Waals surface area contributed by atoms with Crippen LogP contribution in [0.2, 0.25) is 10.0 Å². The zero-order valence-corrected chi connectivity index (χ0v) is 15.8. The van der Waals surface area contributed by atoms with Gasteiger partial charge in [-0.05, 0) is 12.1 Å². The first-order valence-corrected chi connectivity index (χ1v) is 8.35. The fourth-order valence-corrected chi connectivity index (χ4v) is 1.92. The Kier molecular flexibility index (Phi) is 8.47. The Hall–Kier alpha value is -2.19. The highest BCUT2D eigenvalue weighted by molar-refractivity contribution is 6.34. The number of hydrogen-bond acceptors (Lipinski definition) is 6. The zero-order valence-electron chi connectivity index (χ0n) is 14.3. The van der Waals surface area contributed by atoms with Gasteiger partial charge in [-0.25, -0.2) is 9.59 Å². The number of halogens is 2. The Bertz CT molecular complexity index is 666. The number of nitrogens with one attached hydrogen (secondary N) is 1. The SMILES string of the molecule is CC(C)C(=O)O[C@H](C)OC(=O)NC[C@H](Oc1cc(Cl)ccc1Cl)C(=O)O. The summed E-state index contributed by atoms with van der Waals surface area (Å²) in [6.45, 7) is 4.20. The van der Waals surface area contributed by atoms with E-state index in [0.717, 1.165) is 0 Å². The van der Waals surface area contributed by atoms with Crippen molar-refractivity contribution in [2.45, 2.75) is 33.2 Å². The second kappa shape index (κ2) is 10.1. The van der Waals surface area contributed by atoms with Crippen LogP contribution in [0.1, 0.15) is 20.8 Å². The molecule has 1 rings (SSSR count). The van der Waals surface area contributed by atoms with Crippen LogP contribution in [0.3, 0.4) is 0 Å². The fourth-order valence-electron chi connectivity index (χ4n) is 1.59. The van der Waals surface area contributed by atoms with E-state index in [-0.39, 0.29) is 16.7 Å². The summed E-state index contributed by atoms with van der Waals surface area (Å²) in [6, 6.07) is 4.32. The molecule has 0 aliphatic heterocycles. The minimum Gasteiger partial charge on any atom is -0.478 e. The monoisotopic (exact) mass is 407 g/mol. The topological polar surface area (TPSA) is 111 Å². The lowest BCUT2D eigenvalue weighted by atomic mass is 10.2. The third-order valence-electron chi connectivity index (χ3n) is 2.90. The van der Waals surface area contributed by atoms with Crippen molar-refractivity contribution >= 4 is 41.2 Å². The maximum atomic E-state index is 11.7. The number of alkyl carbamates (subject to hydrolysis) is 1. The van der Waals surface area contributed by atoms with Crippen molar-refractivity contribution in [3.8, 4) is 5.75 Å². The quantitative estimate of drug-likeness (QED) is 0.502. The minimum atomic E-state index is -1.44. The molecule has 1 amide bonds. The summed E-state index contributed by atoms with van der Waals surface area (Å²) in [5, 5.41) is 11.9. The van der Waals surface area contributed by atoms with E-state index in [9.17, 15) is 19.5 Å². The van der Waals surface area contributed by atoms with Crippen molar-refractivity contribution in [2.75, 3.05) is 6.54 Å². The molecule has 0 spiro atoms. The second-order valence-electron chi connectivity index (χ2n) is 5.46. The van der Waals surface area contributed by atoms with Gasteiger partial charge in [0.25, 0.3) is 0 Å². The van der Waals surface area contributed by atoms with Crippen LogP contribution in [-0.2, 0) is 19.1 Å². The molecule has 1 aromatic rings. The van der Waals surface area contributed by atoms with Crippen molar-refractivity contribution in [1.82, 2.24) is 5.32 Å². The highest BCUT2D eigenvalue weighted by atomic mass is 35.5. The number of carbonyl (C=O) groups is 3. The van der Waals surface area contributed by atoms with Gasteiger partial charge in [-0.1, -0.05) is 37.0 Å². The van der Waals surface area contributed by atoms with E-state index >= 15 is 0 Å². The van der Waals surface area contributed by atoms with E-state index in [2.05, 4.69) is 5.32 Å². The normalized spacial score (nSPS) is 12.8. The predicted octanol–water partition coefficient (Wildman–Crippen LogP) is 3.10. The van der Waals surface area contributed by atoms with Crippen LogP contribution in [0.5, 0.6) is 5.75 Å². The van der Waals surface area contributed by atoms with Gasteiger partial charge in [0.2, 0.25) is 12.4 Å². The number of carboxylic acids is 1. The summed E-state index contributed by atoms with van der Waals surface area (Å²) < 4.78 is 14.9. The van der Waals surface area contributed by atoms with Gasteiger partial charge in [-0.15, -0.1) is 0 Å². The smallest absolute Gasteiger partial charge is 0.410 e. The number of esters is 1. The predicted molar refractivity (Wildman–Crippen MR) is 93.4 cm³/mol. The number of hydrogen-bond donors (Lipinski definition) is 2. The number of benzene rings is 1. The van der Waals surface area contributed by atoms with Crippen molar-refractivity contribution in [3.63, 3.8) is 0 Å². The van der Waals surface area contributed by atoms with Crippen molar-refractivity contribution < 1.29 is 33.7 Å². The Labute approximate surface area is 160 Å². The maximum Gasteiger partial charge on any atom is 0.410 e. The molecule has 0 fully saturated rings. The van der Waals surface area contributed by atoms with E-state index in [0.29, 0.717) is 5.02 Å². The number of carboxylic acid groups (broad SMARTS) is 1. The molecule has 0 aromatic heterocycles. The van der Waals surface area contributed by atoms with Gasteiger partial charge in [-0.3, -0.25) is 4.79 Å². The number of carbonyl (C=O) groups excluding carboxylic acids is 2. The first-order valence-electron chi connectivity index (χ1n) is 7.59. The van der Waals surface area contributed by atoms with Gasteiger partial charge in [0.1, 0.15) is 5.75 Å². The van der Waals surface area contributed by atoms with Crippen LogP contribution < -0.4 is 10.1 Å². The summed E-state index contributed by atoms with van der Waals surface area (Å²) in [4.78, 5) is 34.4. The number of rotatable bonds is 8. The standard InChI is InChI=1S/C16H19Cl2NO7/c1-8(2)15(22)24-9(3)25-16(23)19-7-13(14(20)21)26-12-6-10(17)4-5-11(12)18/h4-6,8-9,13H,7H2,1-3H3,(H,19,23)(H,20,21)/t9-,13-/m0/s1. The molecule has 2 atom stereocenters. The van der Waals surface area contributed by atoms with Gasteiger partial charge in [0.15, 0.2) is 0 Å². The van der Waals surface area contributed by atoms with Gasteiger partial charge >= 0.3 is 18.0 Å². The van der Waals surface area contributed by atoms with Crippen LogP contribution in [-0.4, -0.2) is 42.1 Å². The molecule has 0 aliphatic rings. The largest absolute Gasteiger partial charge is 0.478 e. The van der Waals surface area contributed by atoms with Gasteiger partial charge in [0.05, 0.1) is 17.5 Å². The highest BCUT2D eigenvalue weighted by Gasteiger charge is 2.23. The lowest BCUT2D eigenvalue weighted by molar-refractivity contribution is -0.168. The third-order valence-corrected chi connectivity index (χ3v) is 3.44. The van der Waals surface area contributed by atoms with Crippen LogP contribution in [0.15, 0.2) is 18.2 Å². The van der Waals surface area contributed by atoms with Crippen molar-refractivity contribution in [3.05, 3.63) is 28.2 Å². The highest BCUT2D eigenvalue weighted by Crippen LogP contribution is 2.28. The van der Waals surface area contributed by atoms with Crippen LogP contribution in [0.25, 0.3) is 0 Å². The molecule has 2 N–H and O–H groups in total. The maximum absolute atomic E-state index is 11.7. The molecule has 144 valence electrons. The van der Waals surface area contributed by atoms with Crippen LogP contribution in [0.4, 0.5) is 4.79 Å². The molecule has 10 heteroatoms. The Morgan fingerprint density at radius 2 is 1.81 bits per heavy atom. The van der Waals surface area contributed by atoms with Gasteiger partial charge < -0.3 is 24.6 Å². The Morgan fingerprint density at radius 1 is 1.15 bits per heavy atom. The molecule has 0 bridgehead atoms. The molecule has 26 heavy (non-hydrogen) atoms. The molecule has 0 aliphatic carbocycles. The van der Waals surface area contributed by atoms with E-state index in [1.165, 1.54) is 25.1 Å². The number of ether oxygens (including phenoxy) is 3. The number of amides is 1. The molecule has 0 unspecified atom stereocenters. The van der Waals surface area contributed by atoms with Crippen molar-refractivity contribution in [1.29, 1.82) is 0 Å². The third kappa shape index (κ3) is 7.37. The molecular weight excluding hydrogens is 389 g/mol. The summed E-state index contributed by atoms with van der Waals surface area (Å²) in [6.07, 6.45) is -3.54. The molecule has 0 saturated carbocycles. The van der Waals surface area contributed by atoms with E-state index in [1.54, 1.807) is 13.8 Å². The lowest BCUT2D eigenvalue weighted by Gasteiger charge is -2.18. The Morgan fingerprint density at radius 3 is 2.38 bits per heavy atom. The molecule has 8 nitrogen and oxygen atoms in total. The fraction of sp³-hybridized carbons (Fsp3) is 0.438.